The Morgan fingerprint density at radius 1 is 1.25 bits per heavy atom. The molecule has 0 N–H and O–H groups in total. The van der Waals surface area contributed by atoms with Gasteiger partial charge in [0.2, 0.25) is 6.54 Å². The molecule has 4 aromatic rings. The van der Waals surface area contributed by atoms with Crippen LogP contribution in [0.4, 0.5) is 19.0 Å². The summed E-state index contributed by atoms with van der Waals surface area (Å²) in [4.78, 5) is 32.4. The maximum Gasteiger partial charge on any atom is 0.319 e. The minimum Gasteiger partial charge on any atom is -0.463 e. The Labute approximate surface area is 255 Å². The van der Waals surface area contributed by atoms with Crippen molar-refractivity contribution in [2.24, 2.45) is 5.41 Å². The number of nitrogens with zero attached hydrogens (tertiary/aromatic N) is 6. The molecule has 0 spiro atoms. The molecule has 4 heterocycles. The molecule has 0 unspecified atom stereocenters. The van der Waals surface area contributed by atoms with E-state index in [0.29, 0.717) is 24.0 Å². The second-order valence-corrected chi connectivity index (χ2v) is 11.6. The van der Waals surface area contributed by atoms with Gasteiger partial charge in [-0.2, -0.15) is 9.97 Å². The van der Waals surface area contributed by atoms with Gasteiger partial charge in [-0.25, -0.2) is 19.7 Å². The van der Waals surface area contributed by atoms with E-state index in [-0.39, 0.29) is 77.2 Å². The Morgan fingerprint density at radius 3 is 2.75 bits per heavy atom. The second kappa shape index (κ2) is 11.6. The van der Waals surface area contributed by atoms with Crippen LogP contribution in [0.5, 0.6) is 6.01 Å². The Hall–Kier alpha value is -4.47. The standard InChI is InChI=1S/C31H26ClF3N6O3/c1-17(33)29(42)41-10-9-40(13-19(41)11-36-3)28-21-12-37-26(20-6-4-5-18-7-8-22(34)24(32)23(18)20)25(35)27(21)38-30(39-28)44-16-31(2)14-43-15-31/h4-8,12,19H,1,9-11,13-16H2,2H3/t19-/m0/s1. The monoisotopic (exact) mass is 622 g/mol. The first-order valence-electron chi connectivity index (χ1n) is 13.8. The highest BCUT2D eigenvalue weighted by Crippen LogP contribution is 2.38. The van der Waals surface area contributed by atoms with Gasteiger partial charge in [0.1, 0.15) is 35.5 Å². The third kappa shape index (κ3) is 5.27. The van der Waals surface area contributed by atoms with E-state index in [0.717, 1.165) is 0 Å². The number of fused-ring (bicyclic) bond motifs is 2. The fourth-order valence-electron chi connectivity index (χ4n) is 5.53. The van der Waals surface area contributed by atoms with Gasteiger partial charge >= 0.3 is 6.01 Å². The number of carbonyl (C=O) groups excluding carboxylic acids is 1. The van der Waals surface area contributed by atoms with E-state index < -0.39 is 29.4 Å². The summed E-state index contributed by atoms with van der Waals surface area (Å²) >= 11 is 6.33. The van der Waals surface area contributed by atoms with Crippen LogP contribution in [0, 0.1) is 23.6 Å². The molecule has 1 atom stereocenters. The van der Waals surface area contributed by atoms with E-state index in [2.05, 4.69) is 26.4 Å². The molecule has 0 saturated carbocycles. The summed E-state index contributed by atoms with van der Waals surface area (Å²) in [6.07, 6.45) is 1.42. The second-order valence-electron chi connectivity index (χ2n) is 11.2. The minimum atomic E-state index is -1.11. The zero-order valence-corrected chi connectivity index (χ0v) is 24.4. The lowest BCUT2D eigenvalue weighted by Gasteiger charge is -2.40. The highest BCUT2D eigenvalue weighted by molar-refractivity contribution is 6.36. The maximum atomic E-state index is 16.5. The Morgan fingerprint density at radius 2 is 2.05 bits per heavy atom. The lowest BCUT2D eigenvalue weighted by atomic mass is 9.90. The van der Waals surface area contributed by atoms with Crippen molar-refractivity contribution in [3.8, 4) is 17.3 Å². The predicted octanol–water partition coefficient (Wildman–Crippen LogP) is 5.61. The van der Waals surface area contributed by atoms with Crippen LogP contribution in [0.2, 0.25) is 5.02 Å². The van der Waals surface area contributed by atoms with E-state index in [9.17, 15) is 13.6 Å². The van der Waals surface area contributed by atoms with Crippen LogP contribution in [-0.2, 0) is 9.53 Å². The fraction of sp³-hybridized carbons (Fsp3) is 0.323. The van der Waals surface area contributed by atoms with E-state index in [4.69, 9.17) is 27.6 Å². The van der Waals surface area contributed by atoms with Crippen molar-refractivity contribution in [3.05, 3.63) is 77.0 Å². The van der Waals surface area contributed by atoms with E-state index in [1.54, 1.807) is 29.2 Å². The van der Waals surface area contributed by atoms with Crippen LogP contribution in [0.1, 0.15) is 6.92 Å². The van der Waals surface area contributed by atoms with E-state index >= 15 is 4.39 Å². The van der Waals surface area contributed by atoms with Crippen molar-refractivity contribution in [2.45, 2.75) is 13.0 Å². The number of pyridine rings is 1. The number of amides is 1. The van der Waals surface area contributed by atoms with Gasteiger partial charge in [-0.05, 0) is 11.5 Å². The van der Waals surface area contributed by atoms with Gasteiger partial charge in [0.05, 0.1) is 23.6 Å². The smallest absolute Gasteiger partial charge is 0.319 e. The first-order chi connectivity index (χ1) is 21.1. The molecule has 1 amide bonds. The van der Waals surface area contributed by atoms with E-state index in [1.165, 1.54) is 17.2 Å². The molecule has 2 aromatic carbocycles. The van der Waals surface area contributed by atoms with Gasteiger partial charge in [-0.3, -0.25) is 9.78 Å². The number of hydrogen-bond donors (Lipinski definition) is 0. The van der Waals surface area contributed by atoms with Crippen LogP contribution in [0.3, 0.4) is 0 Å². The summed E-state index contributed by atoms with van der Waals surface area (Å²) in [5, 5.41) is 1.01. The number of anilines is 1. The number of rotatable bonds is 7. The van der Waals surface area contributed by atoms with Crippen LogP contribution < -0.4 is 9.64 Å². The zero-order chi connectivity index (χ0) is 31.2. The summed E-state index contributed by atoms with van der Waals surface area (Å²) < 4.78 is 56.0. The summed E-state index contributed by atoms with van der Waals surface area (Å²) in [7, 11) is 0. The lowest BCUT2D eigenvalue weighted by molar-refractivity contribution is -0.131. The molecular weight excluding hydrogens is 597 g/mol. The number of halogens is 4. The molecule has 9 nitrogen and oxygen atoms in total. The van der Waals surface area contributed by atoms with Crippen LogP contribution in [-0.4, -0.2) is 77.8 Å². The average Bonchev–Trinajstić information content (AvgIpc) is 3.00. The van der Waals surface area contributed by atoms with Crippen LogP contribution in [0.15, 0.2) is 48.9 Å². The first-order valence-corrected chi connectivity index (χ1v) is 14.2. The third-order valence-electron chi connectivity index (χ3n) is 7.86. The fourth-order valence-corrected chi connectivity index (χ4v) is 5.80. The number of carbonyl (C=O) groups is 1. The molecule has 2 aromatic heterocycles. The first kappa shape index (κ1) is 29.6. The molecule has 226 valence electrons. The van der Waals surface area contributed by atoms with Crippen molar-refractivity contribution in [1.29, 1.82) is 0 Å². The number of hydrogen-bond acceptors (Lipinski definition) is 7. The molecule has 2 fully saturated rings. The van der Waals surface area contributed by atoms with Gasteiger partial charge in [0.25, 0.3) is 5.91 Å². The Bertz CT molecular complexity index is 1860. The van der Waals surface area contributed by atoms with Gasteiger partial charge in [0, 0.05) is 42.2 Å². The van der Waals surface area contributed by atoms with Crippen molar-refractivity contribution >= 4 is 45.0 Å². The molecule has 2 aliphatic rings. The molecule has 13 heteroatoms. The highest BCUT2D eigenvalue weighted by Gasteiger charge is 2.37. The van der Waals surface area contributed by atoms with Crippen LogP contribution >= 0.6 is 11.6 Å². The van der Waals surface area contributed by atoms with Gasteiger partial charge in [-0.1, -0.05) is 49.4 Å². The van der Waals surface area contributed by atoms with Gasteiger partial charge in [0.15, 0.2) is 11.6 Å². The SMILES string of the molecule is [C-]#[N+]C[C@H]1CN(c2nc(OCC3(C)COC3)nc3c(F)c(-c4cccc5ccc(F)c(Cl)c45)ncc23)CCN1C(=O)C(=C)F. The number of piperazine rings is 1. The third-order valence-corrected chi connectivity index (χ3v) is 8.23. The summed E-state index contributed by atoms with van der Waals surface area (Å²) in [6.45, 7) is 14.0. The van der Waals surface area contributed by atoms with Crippen molar-refractivity contribution < 1.29 is 27.4 Å². The average molecular weight is 623 g/mol. The largest absolute Gasteiger partial charge is 0.463 e. The molecule has 2 saturated heterocycles. The minimum absolute atomic E-state index is 0.0765. The predicted molar refractivity (Wildman–Crippen MR) is 159 cm³/mol. The molecule has 0 radical (unpaired) electrons. The van der Waals surface area contributed by atoms with Crippen molar-refractivity contribution in [1.82, 2.24) is 19.9 Å². The molecule has 44 heavy (non-hydrogen) atoms. The van der Waals surface area contributed by atoms with Crippen molar-refractivity contribution in [2.75, 3.05) is 50.9 Å². The zero-order valence-electron chi connectivity index (χ0n) is 23.6. The molecule has 0 aliphatic carbocycles. The Balaban J connectivity index is 1.47. The number of ether oxygens (including phenoxy) is 2. The molecule has 0 bridgehead atoms. The highest BCUT2D eigenvalue weighted by atomic mass is 35.5. The van der Waals surface area contributed by atoms with E-state index in [1.807, 2.05) is 6.92 Å². The van der Waals surface area contributed by atoms with Crippen LogP contribution in [0.25, 0.3) is 37.8 Å². The summed E-state index contributed by atoms with van der Waals surface area (Å²) in [5.74, 6) is -3.15. The lowest BCUT2D eigenvalue weighted by Crippen LogP contribution is -2.56. The molecule has 2 aliphatic heterocycles. The van der Waals surface area contributed by atoms with Gasteiger partial charge in [-0.15, -0.1) is 0 Å². The number of benzene rings is 2. The van der Waals surface area contributed by atoms with Crippen molar-refractivity contribution in [3.63, 3.8) is 0 Å². The Kier molecular flexibility index (Phi) is 7.77. The summed E-state index contributed by atoms with van der Waals surface area (Å²) in [6, 6.07) is 7.07. The molecular formula is C31H26ClF3N6O3. The summed E-state index contributed by atoms with van der Waals surface area (Å²) in [5.41, 5.74) is -0.157. The quantitative estimate of drug-likeness (QED) is 0.196. The number of aromatic nitrogens is 3. The van der Waals surface area contributed by atoms with Gasteiger partial charge < -0.3 is 24.1 Å². The topological polar surface area (TPSA) is 85.0 Å². The maximum absolute atomic E-state index is 16.5. The molecule has 6 rings (SSSR count). The normalized spacial score (nSPS) is 17.8.